The molecule has 0 unspecified atom stereocenters. The van der Waals surface area contributed by atoms with Gasteiger partial charge in [0.05, 0.1) is 13.0 Å². The Labute approximate surface area is 104 Å². The SMILES string of the molecule is CC(=O)Nc1ccc(OCCC(=O)ONN)cc1. The van der Waals surface area contributed by atoms with Crippen molar-refractivity contribution in [1.29, 1.82) is 0 Å². The van der Waals surface area contributed by atoms with Gasteiger partial charge in [-0.3, -0.25) is 9.59 Å². The standard InChI is InChI=1S/C11H15N3O4/c1-8(15)13-9-2-4-10(5-3-9)17-7-6-11(16)18-14-12/h2-5,14H,6-7,12H2,1H3,(H,13,15). The number of ether oxygens (including phenoxy) is 1. The van der Waals surface area contributed by atoms with E-state index < -0.39 is 5.97 Å². The molecule has 0 radical (unpaired) electrons. The Morgan fingerprint density at radius 2 is 1.94 bits per heavy atom. The number of hydrazine groups is 1. The molecular weight excluding hydrogens is 238 g/mol. The number of carbonyl (C=O) groups excluding carboxylic acids is 2. The van der Waals surface area contributed by atoms with Crippen molar-refractivity contribution in [3.63, 3.8) is 0 Å². The van der Waals surface area contributed by atoms with Crippen molar-refractivity contribution in [1.82, 2.24) is 5.59 Å². The molecule has 7 heteroatoms. The number of rotatable bonds is 6. The second kappa shape index (κ2) is 7.25. The van der Waals surface area contributed by atoms with Gasteiger partial charge in [0.15, 0.2) is 0 Å². The maximum Gasteiger partial charge on any atom is 0.329 e. The quantitative estimate of drug-likeness (QED) is 0.499. The molecule has 0 aliphatic rings. The van der Waals surface area contributed by atoms with E-state index in [4.69, 9.17) is 10.6 Å². The van der Waals surface area contributed by atoms with Gasteiger partial charge in [0.2, 0.25) is 5.91 Å². The van der Waals surface area contributed by atoms with Crippen LogP contribution in [-0.4, -0.2) is 18.5 Å². The second-order valence-corrected chi connectivity index (χ2v) is 3.40. The van der Waals surface area contributed by atoms with Crippen LogP contribution < -0.4 is 21.5 Å². The summed E-state index contributed by atoms with van der Waals surface area (Å²) in [5, 5.41) is 2.63. The molecule has 1 aromatic rings. The molecule has 1 aromatic carbocycles. The van der Waals surface area contributed by atoms with Crippen molar-refractivity contribution in [3.05, 3.63) is 24.3 Å². The van der Waals surface area contributed by atoms with Gasteiger partial charge in [-0.2, -0.15) is 0 Å². The van der Waals surface area contributed by atoms with E-state index in [2.05, 4.69) is 10.2 Å². The lowest BCUT2D eigenvalue weighted by Crippen LogP contribution is -2.26. The number of anilines is 1. The minimum absolute atomic E-state index is 0.0810. The summed E-state index contributed by atoms with van der Waals surface area (Å²) in [4.78, 5) is 26.0. The average Bonchev–Trinajstić information content (AvgIpc) is 2.31. The monoisotopic (exact) mass is 253 g/mol. The number of nitrogens with two attached hydrogens (primary N) is 1. The Hall–Kier alpha value is -2.12. The molecule has 0 spiro atoms. The summed E-state index contributed by atoms with van der Waals surface area (Å²) in [6.45, 7) is 1.61. The molecule has 0 fully saturated rings. The molecular formula is C11H15N3O4. The van der Waals surface area contributed by atoms with Crippen LogP contribution in [0.4, 0.5) is 5.69 Å². The van der Waals surface area contributed by atoms with E-state index in [1.807, 2.05) is 0 Å². The topological polar surface area (TPSA) is 103 Å². The van der Waals surface area contributed by atoms with Crippen molar-refractivity contribution >= 4 is 17.6 Å². The van der Waals surface area contributed by atoms with E-state index in [0.29, 0.717) is 11.4 Å². The van der Waals surface area contributed by atoms with Gasteiger partial charge >= 0.3 is 5.97 Å². The van der Waals surface area contributed by atoms with Crippen LogP contribution >= 0.6 is 0 Å². The molecule has 1 rings (SSSR count). The van der Waals surface area contributed by atoms with E-state index in [0.717, 1.165) is 0 Å². The number of nitrogens with one attached hydrogen (secondary N) is 2. The highest BCUT2D eigenvalue weighted by atomic mass is 16.7. The number of hydrogen-bond donors (Lipinski definition) is 3. The van der Waals surface area contributed by atoms with Gasteiger partial charge in [0, 0.05) is 12.6 Å². The molecule has 0 bridgehead atoms. The number of amides is 1. The Bertz CT molecular complexity index is 405. The first-order valence-corrected chi connectivity index (χ1v) is 5.27. The third kappa shape index (κ3) is 5.28. The van der Waals surface area contributed by atoms with Gasteiger partial charge in [0.25, 0.3) is 0 Å². The summed E-state index contributed by atoms with van der Waals surface area (Å²) in [5.74, 6) is 4.75. The van der Waals surface area contributed by atoms with Crippen molar-refractivity contribution in [3.8, 4) is 5.75 Å². The maximum absolute atomic E-state index is 10.9. The minimum atomic E-state index is -0.507. The highest BCUT2D eigenvalue weighted by Crippen LogP contribution is 2.15. The molecule has 0 saturated carbocycles. The molecule has 0 atom stereocenters. The predicted molar refractivity (Wildman–Crippen MR) is 64.3 cm³/mol. The molecule has 98 valence electrons. The lowest BCUT2D eigenvalue weighted by atomic mass is 10.3. The first-order chi connectivity index (χ1) is 8.61. The van der Waals surface area contributed by atoms with E-state index in [1.54, 1.807) is 29.9 Å². The zero-order chi connectivity index (χ0) is 13.4. The van der Waals surface area contributed by atoms with Crippen LogP contribution in [0.5, 0.6) is 5.75 Å². The van der Waals surface area contributed by atoms with Gasteiger partial charge in [-0.25, -0.2) is 5.84 Å². The fraction of sp³-hybridized carbons (Fsp3) is 0.273. The third-order valence-electron chi connectivity index (χ3n) is 1.92. The Morgan fingerprint density at radius 3 is 2.50 bits per heavy atom. The van der Waals surface area contributed by atoms with Gasteiger partial charge in [0.1, 0.15) is 5.75 Å². The normalized spacial score (nSPS) is 9.67. The molecule has 1 amide bonds. The van der Waals surface area contributed by atoms with Gasteiger partial charge in [-0.1, -0.05) is 5.59 Å². The second-order valence-electron chi connectivity index (χ2n) is 3.40. The van der Waals surface area contributed by atoms with Gasteiger partial charge < -0.3 is 14.9 Å². The van der Waals surface area contributed by atoms with E-state index in [9.17, 15) is 9.59 Å². The highest BCUT2D eigenvalue weighted by molar-refractivity contribution is 5.88. The fourth-order valence-corrected chi connectivity index (χ4v) is 1.21. The zero-order valence-electron chi connectivity index (χ0n) is 9.93. The molecule has 0 aliphatic carbocycles. The summed E-state index contributed by atoms with van der Waals surface area (Å²) in [7, 11) is 0. The van der Waals surface area contributed by atoms with Crippen molar-refractivity contribution in [2.45, 2.75) is 13.3 Å². The third-order valence-corrected chi connectivity index (χ3v) is 1.92. The summed E-state index contributed by atoms with van der Waals surface area (Å²) >= 11 is 0. The predicted octanol–water partition coefficient (Wildman–Crippen LogP) is 0.335. The van der Waals surface area contributed by atoms with Crippen molar-refractivity contribution < 1.29 is 19.2 Å². The van der Waals surface area contributed by atoms with Crippen molar-refractivity contribution in [2.75, 3.05) is 11.9 Å². The van der Waals surface area contributed by atoms with E-state index >= 15 is 0 Å². The molecule has 0 heterocycles. The number of benzene rings is 1. The minimum Gasteiger partial charge on any atom is -0.493 e. The van der Waals surface area contributed by atoms with Crippen LogP contribution in [0.2, 0.25) is 0 Å². The molecule has 4 N–H and O–H groups in total. The first kappa shape index (κ1) is 13.9. The fourth-order valence-electron chi connectivity index (χ4n) is 1.21. The van der Waals surface area contributed by atoms with Crippen LogP contribution in [0, 0.1) is 0 Å². The summed E-state index contributed by atoms with van der Waals surface area (Å²) < 4.78 is 5.30. The summed E-state index contributed by atoms with van der Waals surface area (Å²) in [6, 6.07) is 6.79. The Morgan fingerprint density at radius 1 is 1.28 bits per heavy atom. The summed E-state index contributed by atoms with van der Waals surface area (Å²) in [6.07, 6.45) is 0.0810. The first-order valence-electron chi connectivity index (χ1n) is 5.27. The molecule has 0 aromatic heterocycles. The highest BCUT2D eigenvalue weighted by Gasteiger charge is 2.03. The smallest absolute Gasteiger partial charge is 0.329 e. The van der Waals surface area contributed by atoms with E-state index in [-0.39, 0.29) is 18.9 Å². The molecule has 0 saturated heterocycles. The number of carbonyl (C=O) groups is 2. The largest absolute Gasteiger partial charge is 0.493 e. The van der Waals surface area contributed by atoms with Crippen LogP contribution in [0.3, 0.4) is 0 Å². The van der Waals surface area contributed by atoms with Crippen molar-refractivity contribution in [2.24, 2.45) is 5.84 Å². The zero-order valence-corrected chi connectivity index (χ0v) is 9.93. The molecule has 0 aliphatic heterocycles. The average molecular weight is 253 g/mol. The van der Waals surface area contributed by atoms with Crippen LogP contribution in [0.25, 0.3) is 0 Å². The number of hydrogen-bond acceptors (Lipinski definition) is 6. The summed E-state index contributed by atoms with van der Waals surface area (Å²) in [5.41, 5.74) is 2.48. The lowest BCUT2D eigenvalue weighted by molar-refractivity contribution is -0.151. The van der Waals surface area contributed by atoms with Crippen LogP contribution in [0.15, 0.2) is 24.3 Å². The van der Waals surface area contributed by atoms with Crippen LogP contribution in [-0.2, 0) is 14.4 Å². The molecule has 7 nitrogen and oxygen atoms in total. The van der Waals surface area contributed by atoms with E-state index in [1.165, 1.54) is 6.92 Å². The van der Waals surface area contributed by atoms with Crippen LogP contribution in [0.1, 0.15) is 13.3 Å². The Kier molecular flexibility index (Phi) is 5.62. The Balaban J connectivity index is 2.35. The van der Waals surface area contributed by atoms with Gasteiger partial charge in [-0.15, -0.1) is 0 Å². The molecule has 18 heavy (non-hydrogen) atoms. The lowest BCUT2D eigenvalue weighted by Gasteiger charge is -2.07. The maximum atomic E-state index is 10.9. The van der Waals surface area contributed by atoms with Gasteiger partial charge in [-0.05, 0) is 24.3 Å².